The number of amides is 3. The van der Waals surface area contributed by atoms with Gasteiger partial charge in [-0.25, -0.2) is 9.78 Å². The van der Waals surface area contributed by atoms with Gasteiger partial charge in [-0.05, 0) is 13.5 Å². The van der Waals surface area contributed by atoms with Crippen molar-refractivity contribution >= 4 is 57.8 Å². The Hall–Kier alpha value is -3.11. The average Bonchev–Trinajstić information content (AvgIpc) is 3.34. The van der Waals surface area contributed by atoms with Crippen molar-refractivity contribution in [1.29, 1.82) is 0 Å². The Morgan fingerprint density at radius 3 is 2.68 bits per heavy atom. The van der Waals surface area contributed by atoms with Crippen LogP contribution in [0.15, 0.2) is 10.5 Å². The van der Waals surface area contributed by atoms with E-state index in [1.807, 2.05) is 14.0 Å². The number of nitrogens with zero attached hydrogens (tertiary/aromatic N) is 5. The second-order valence-electron chi connectivity index (χ2n) is 9.39. The highest BCUT2D eigenvalue weighted by atomic mass is 32.2. The monoisotopic (exact) mass is 569 g/mol. The lowest BCUT2D eigenvalue weighted by Crippen LogP contribution is -2.74. The van der Waals surface area contributed by atoms with Crippen LogP contribution in [-0.4, -0.2) is 125 Å². The second kappa shape index (κ2) is 11.7. The third-order valence-electron chi connectivity index (χ3n) is 6.55. The van der Waals surface area contributed by atoms with E-state index >= 15 is 0 Å². The maximum Gasteiger partial charge on any atom is 0.409 e. The number of nitrogens with two attached hydrogens (primary N) is 1. The lowest BCUT2D eigenvalue weighted by Gasteiger charge is -2.53. The lowest BCUT2D eigenvalue weighted by molar-refractivity contribution is -0.160. The van der Waals surface area contributed by atoms with Crippen LogP contribution in [0.5, 0.6) is 0 Å². The summed E-state index contributed by atoms with van der Waals surface area (Å²) in [5.74, 6) is -2.14. The van der Waals surface area contributed by atoms with Gasteiger partial charge >= 0.3 is 12.1 Å². The Balaban J connectivity index is 1.37. The van der Waals surface area contributed by atoms with Gasteiger partial charge in [0.2, 0.25) is 5.91 Å². The number of carboxylic acids is 1. The minimum atomic E-state index is -1.45. The molecule has 14 nitrogen and oxygen atoms in total. The number of carbonyl (C=O) groups is 4. The number of rotatable bonds is 9. The molecule has 3 aliphatic heterocycles. The Bertz CT molecular complexity index is 1110. The molecule has 0 radical (unpaired) electrons. The third-order valence-corrected chi connectivity index (χ3v) is 8.81. The summed E-state index contributed by atoms with van der Waals surface area (Å²) in [5, 5.41) is 17.9. The van der Waals surface area contributed by atoms with Crippen LogP contribution in [0.25, 0.3) is 0 Å². The number of hydrogen-bond acceptors (Lipinski definition) is 12. The number of piperazine rings is 1. The highest BCUT2D eigenvalue weighted by molar-refractivity contribution is 8.00. The number of fused-ring (bicyclic) bond motifs is 1. The summed E-state index contributed by atoms with van der Waals surface area (Å²) in [4.78, 5) is 65.0. The van der Waals surface area contributed by atoms with Gasteiger partial charge in [0.15, 0.2) is 10.8 Å². The molecule has 3 atom stereocenters. The molecule has 0 saturated carbocycles. The Kier molecular flexibility index (Phi) is 8.62. The van der Waals surface area contributed by atoms with E-state index < -0.39 is 40.7 Å². The molecule has 16 heteroatoms. The molecule has 3 saturated heterocycles. The number of nitrogen functional groups attached to an aromatic ring is 1. The van der Waals surface area contributed by atoms with Crippen molar-refractivity contribution in [1.82, 2.24) is 25.0 Å². The number of aromatic nitrogens is 1. The van der Waals surface area contributed by atoms with E-state index in [9.17, 15) is 24.3 Å². The molecule has 1 aromatic heterocycles. The minimum Gasteiger partial charge on any atom is -0.481 e. The Morgan fingerprint density at radius 1 is 1.32 bits per heavy atom. The molecule has 3 amide bonds. The SMILES string of the molecule is CCCON=C(C(=O)NC1C(=O)N2CC(COC(=O)N3CCN(C)CC3)(C(=O)O)CS[C@H]12)c1csc(N)n1. The van der Waals surface area contributed by atoms with E-state index in [1.54, 1.807) is 10.3 Å². The van der Waals surface area contributed by atoms with Crippen molar-refractivity contribution in [2.45, 2.75) is 24.8 Å². The number of oxime groups is 1. The summed E-state index contributed by atoms with van der Waals surface area (Å²) in [6.45, 7) is 4.11. The second-order valence-corrected chi connectivity index (χ2v) is 11.4. The number of carbonyl (C=O) groups excluding carboxylic acids is 3. The molecular weight excluding hydrogens is 538 g/mol. The fourth-order valence-corrected chi connectivity index (χ4v) is 6.27. The van der Waals surface area contributed by atoms with E-state index in [-0.39, 0.29) is 35.4 Å². The zero-order chi connectivity index (χ0) is 27.4. The lowest BCUT2D eigenvalue weighted by atomic mass is 9.88. The zero-order valence-corrected chi connectivity index (χ0v) is 22.8. The van der Waals surface area contributed by atoms with Gasteiger partial charge in [0.25, 0.3) is 5.91 Å². The predicted octanol–water partition coefficient (Wildman–Crippen LogP) is -0.289. The van der Waals surface area contributed by atoms with Gasteiger partial charge in [-0.15, -0.1) is 23.1 Å². The predicted molar refractivity (Wildman–Crippen MR) is 140 cm³/mol. The normalized spacial score (nSPS) is 25.8. The van der Waals surface area contributed by atoms with Crippen LogP contribution >= 0.6 is 23.1 Å². The van der Waals surface area contributed by atoms with Gasteiger partial charge < -0.3 is 40.4 Å². The number of β-lactam (4-membered cyclic amide) rings is 1. The summed E-state index contributed by atoms with van der Waals surface area (Å²) in [5.41, 5.74) is 4.37. The third kappa shape index (κ3) is 5.81. The van der Waals surface area contributed by atoms with Crippen LogP contribution in [0, 0.1) is 5.41 Å². The van der Waals surface area contributed by atoms with Gasteiger partial charge in [-0.1, -0.05) is 12.1 Å². The number of likely N-dealkylation sites (N-methyl/N-ethyl adjacent to an activating group) is 1. The number of thiazole rings is 1. The van der Waals surface area contributed by atoms with Crippen molar-refractivity contribution in [2.24, 2.45) is 10.6 Å². The maximum atomic E-state index is 13.0. The molecule has 3 aliphatic rings. The van der Waals surface area contributed by atoms with Crippen molar-refractivity contribution in [3.63, 3.8) is 0 Å². The Labute approximate surface area is 227 Å². The Morgan fingerprint density at radius 2 is 2.05 bits per heavy atom. The number of aliphatic carboxylic acids is 1. The number of nitrogens with one attached hydrogen (secondary N) is 1. The largest absolute Gasteiger partial charge is 0.481 e. The van der Waals surface area contributed by atoms with Gasteiger partial charge in [-0.2, -0.15) is 0 Å². The van der Waals surface area contributed by atoms with E-state index in [0.29, 0.717) is 39.2 Å². The smallest absolute Gasteiger partial charge is 0.409 e. The summed E-state index contributed by atoms with van der Waals surface area (Å²) in [7, 11) is 1.96. The van der Waals surface area contributed by atoms with Crippen LogP contribution in [0.4, 0.5) is 9.93 Å². The summed E-state index contributed by atoms with van der Waals surface area (Å²) in [6.07, 6.45) is 0.119. The highest BCUT2D eigenvalue weighted by Gasteiger charge is 2.58. The topological polar surface area (TPSA) is 180 Å². The van der Waals surface area contributed by atoms with Gasteiger partial charge in [0.1, 0.15) is 35.7 Å². The molecule has 0 bridgehead atoms. The molecule has 0 aromatic carbocycles. The molecule has 3 fully saturated rings. The van der Waals surface area contributed by atoms with E-state index in [1.165, 1.54) is 16.7 Å². The number of carboxylic acid groups (broad SMARTS) is 1. The number of thioether (sulfide) groups is 1. The van der Waals surface area contributed by atoms with E-state index in [4.69, 9.17) is 15.3 Å². The quantitative estimate of drug-likeness (QED) is 0.154. The first-order valence-electron chi connectivity index (χ1n) is 12.1. The molecule has 4 rings (SSSR count). The summed E-state index contributed by atoms with van der Waals surface area (Å²) < 4.78 is 5.41. The summed E-state index contributed by atoms with van der Waals surface area (Å²) in [6, 6.07) is -0.875. The fourth-order valence-electron chi connectivity index (χ4n) is 4.20. The van der Waals surface area contributed by atoms with Crippen LogP contribution in [-0.2, 0) is 24.0 Å². The molecule has 0 aliphatic carbocycles. The van der Waals surface area contributed by atoms with Crippen LogP contribution in [0.3, 0.4) is 0 Å². The van der Waals surface area contributed by atoms with Crippen molar-refractivity contribution in [3.8, 4) is 0 Å². The van der Waals surface area contributed by atoms with Crippen molar-refractivity contribution in [3.05, 3.63) is 11.1 Å². The first-order valence-corrected chi connectivity index (χ1v) is 14.1. The van der Waals surface area contributed by atoms with Crippen molar-refractivity contribution < 1.29 is 33.9 Å². The molecular formula is C22H31N7O7S2. The number of ether oxygens (including phenoxy) is 1. The number of anilines is 1. The molecule has 4 N–H and O–H groups in total. The first kappa shape index (κ1) is 27.9. The highest BCUT2D eigenvalue weighted by Crippen LogP contribution is 2.42. The average molecular weight is 570 g/mol. The molecule has 38 heavy (non-hydrogen) atoms. The van der Waals surface area contributed by atoms with Gasteiger partial charge in [0.05, 0.1) is 0 Å². The van der Waals surface area contributed by atoms with E-state index in [2.05, 4.69) is 20.4 Å². The van der Waals surface area contributed by atoms with Crippen LogP contribution < -0.4 is 11.1 Å². The fraction of sp³-hybridized carbons (Fsp3) is 0.636. The molecule has 1 aromatic rings. The number of hydrogen-bond donors (Lipinski definition) is 3. The minimum absolute atomic E-state index is 0.0995. The van der Waals surface area contributed by atoms with Crippen molar-refractivity contribution in [2.75, 3.05) is 64.5 Å². The standard InChI is InChI=1S/C22H31N7O7S2/c1-3-8-36-26-14(13-9-37-20(23)24-13)16(30)25-15-17(31)29-10-22(19(32)33,12-38-18(15)29)11-35-21(34)28-6-4-27(2)5-7-28/h9,15,18H,3-8,10-12H2,1-2H3,(H2,23,24)(H,25,30)(H,32,33)/t15?,18-,22?/m1/s1. The van der Waals surface area contributed by atoms with Gasteiger partial charge in [0, 0.05) is 43.9 Å². The first-order chi connectivity index (χ1) is 18.1. The summed E-state index contributed by atoms with van der Waals surface area (Å²) >= 11 is 2.36. The van der Waals surface area contributed by atoms with Gasteiger partial charge in [-0.3, -0.25) is 14.4 Å². The maximum absolute atomic E-state index is 13.0. The molecule has 0 spiro atoms. The molecule has 4 heterocycles. The zero-order valence-electron chi connectivity index (χ0n) is 21.1. The van der Waals surface area contributed by atoms with Crippen LogP contribution in [0.1, 0.15) is 19.0 Å². The molecule has 2 unspecified atom stereocenters. The molecule has 208 valence electrons. The van der Waals surface area contributed by atoms with E-state index in [0.717, 1.165) is 11.3 Å². The van der Waals surface area contributed by atoms with Crippen LogP contribution in [0.2, 0.25) is 0 Å².